The van der Waals surface area contributed by atoms with E-state index in [0.29, 0.717) is 0 Å². The Hall–Kier alpha value is -1.19. The number of hydrogen-bond donors (Lipinski definition) is 1. The van der Waals surface area contributed by atoms with Crippen molar-refractivity contribution in [3.05, 3.63) is 58.0 Å². The van der Waals surface area contributed by atoms with Crippen LogP contribution in [0.5, 0.6) is 0 Å². The van der Waals surface area contributed by atoms with Gasteiger partial charge >= 0.3 is 0 Å². The van der Waals surface area contributed by atoms with Crippen molar-refractivity contribution >= 4 is 11.3 Å². The highest BCUT2D eigenvalue weighted by atomic mass is 32.1. The standard InChI is InChI=1S/C14H15FOS/c1-14(2,10-5-7-11(15)8-6-10)13(16)12-4-3-9-17-12/h3-9,13,16H,1-2H3. The quantitative estimate of drug-likeness (QED) is 0.876. The summed E-state index contributed by atoms with van der Waals surface area (Å²) in [6, 6.07) is 10.2. The number of aliphatic hydroxyl groups excluding tert-OH is 1. The summed E-state index contributed by atoms with van der Waals surface area (Å²) in [6.07, 6.45) is -0.576. The molecule has 1 nitrogen and oxygen atoms in total. The molecule has 0 fully saturated rings. The molecule has 1 heterocycles. The molecule has 17 heavy (non-hydrogen) atoms. The van der Waals surface area contributed by atoms with Crippen molar-refractivity contribution in [1.29, 1.82) is 0 Å². The third-order valence-electron chi connectivity index (χ3n) is 3.08. The van der Waals surface area contributed by atoms with Gasteiger partial charge in [0.15, 0.2) is 0 Å². The first-order chi connectivity index (χ1) is 8.01. The van der Waals surface area contributed by atoms with Crippen molar-refractivity contribution in [3.63, 3.8) is 0 Å². The number of halogens is 1. The number of thiophene rings is 1. The predicted octanol–water partition coefficient (Wildman–Crippen LogP) is 3.90. The molecule has 0 aliphatic carbocycles. The van der Waals surface area contributed by atoms with Crippen LogP contribution in [0.1, 0.15) is 30.4 Å². The summed E-state index contributed by atoms with van der Waals surface area (Å²) in [5, 5.41) is 12.3. The molecule has 0 amide bonds. The van der Waals surface area contributed by atoms with E-state index >= 15 is 0 Å². The zero-order valence-corrected chi connectivity index (χ0v) is 10.7. The molecule has 1 N–H and O–H groups in total. The van der Waals surface area contributed by atoms with Gasteiger partial charge in [-0.1, -0.05) is 32.0 Å². The van der Waals surface area contributed by atoms with Gasteiger partial charge in [0.25, 0.3) is 0 Å². The van der Waals surface area contributed by atoms with Gasteiger partial charge in [0.05, 0.1) is 6.10 Å². The van der Waals surface area contributed by atoms with E-state index in [4.69, 9.17) is 0 Å². The van der Waals surface area contributed by atoms with Gasteiger partial charge in [-0.3, -0.25) is 0 Å². The topological polar surface area (TPSA) is 20.2 Å². The zero-order chi connectivity index (χ0) is 12.5. The second-order valence-electron chi connectivity index (χ2n) is 4.65. The minimum atomic E-state index is -0.576. The predicted molar refractivity (Wildman–Crippen MR) is 68.7 cm³/mol. The normalized spacial score (nSPS) is 13.6. The van der Waals surface area contributed by atoms with Crippen molar-refractivity contribution in [2.45, 2.75) is 25.4 Å². The van der Waals surface area contributed by atoms with Gasteiger partial charge in [-0.15, -0.1) is 11.3 Å². The highest BCUT2D eigenvalue weighted by Crippen LogP contribution is 2.38. The van der Waals surface area contributed by atoms with E-state index in [1.165, 1.54) is 23.5 Å². The summed E-state index contributed by atoms with van der Waals surface area (Å²) in [5.74, 6) is -0.254. The Balaban J connectivity index is 2.32. The van der Waals surface area contributed by atoms with Crippen LogP contribution in [-0.2, 0) is 5.41 Å². The van der Waals surface area contributed by atoms with E-state index in [1.807, 2.05) is 31.4 Å². The van der Waals surface area contributed by atoms with Crippen molar-refractivity contribution in [1.82, 2.24) is 0 Å². The highest BCUT2D eigenvalue weighted by Gasteiger charge is 2.31. The zero-order valence-electron chi connectivity index (χ0n) is 9.85. The smallest absolute Gasteiger partial charge is 0.123 e. The maximum atomic E-state index is 12.9. The molecule has 0 saturated heterocycles. The molecule has 3 heteroatoms. The van der Waals surface area contributed by atoms with E-state index in [0.717, 1.165) is 10.4 Å². The Kier molecular flexibility index (Phi) is 3.31. The SMILES string of the molecule is CC(C)(c1ccc(F)cc1)C(O)c1cccs1. The van der Waals surface area contributed by atoms with Crippen molar-refractivity contribution in [3.8, 4) is 0 Å². The lowest BCUT2D eigenvalue weighted by Crippen LogP contribution is -2.26. The fourth-order valence-corrected chi connectivity index (χ4v) is 2.73. The minimum absolute atomic E-state index is 0.254. The Morgan fingerprint density at radius 1 is 1.18 bits per heavy atom. The minimum Gasteiger partial charge on any atom is -0.387 e. The van der Waals surface area contributed by atoms with E-state index in [9.17, 15) is 9.50 Å². The Morgan fingerprint density at radius 2 is 1.82 bits per heavy atom. The summed E-state index contributed by atoms with van der Waals surface area (Å²) >= 11 is 1.53. The molecule has 1 atom stereocenters. The Bertz CT molecular complexity index is 473. The number of benzene rings is 1. The summed E-state index contributed by atoms with van der Waals surface area (Å²) in [7, 11) is 0. The van der Waals surface area contributed by atoms with Crippen molar-refractivity contribution in [2.24, 2.45) is 0 Å². The van der Waals surface area contributed by atoms with Crippen LogP contribution in [-0.4, -0.2) is 5.11 Å². The molecule has 1 aromatic heterocycles. The molecule has 0 saturated carbocycles. The van der Waals surface area contributed by atoms with Gasteiger partial charge in [0.1, 0.15) is 5.82 Å². The second-order valence-corrected chi connectivity index (χ2v) is 5.63. The lowest BCUT2D eigenvalue weighted by Gasteiger charge is -2.30. The molecule has 1 unspecified atom stereocenters. The molecule has 90 valence electrons. The Morgan fingerprint density at radius 3 is 2.35 bits per heavy atom. The maximum absolute atomic E-state index is 12.9. The van der Waals surface area contributed by atoms with Crippen LogP contribution < -0.4 is 0 Å². The van der Waals surface area contributed by atoms with Crippen molar-refractivity contribution in [2.75, 3.05) is 0 Å². The molecule has 2 rings (SSSR count). The molecule has 0 bridgehead atoms. The third kappa shape index (κ3) is 2.40. The van der Waals surface area contributed by atoms with Gasteiger partial charge < -0.3 is 5.11 Å². The molecule has 2 aromatic rings. The van der Waals surface area contributed by atoms with E-state index in [1.54, 1.807) is 12.1 Å². The van der Waals surface area contributed by atoms with Crippen LogP contribution in [0.25, 0.3) is 0 Å². The van der Waals surface area contributed by atoms with Gasteiger partial charge in [-0.25, -0.2) is 4.39 Å². The van der Waals surface area contributed by atoms with E-state index in [-0.39, 0.29) is 5.82 Å². The highest BCUT2D eigenvalue weighted by molar-refractivity contribution is 7.10. The second kappa shape index (κ2) is 4.59. The molecular weight excluding hydrogens is 235 g/mol. The maximum Gasteiger partial charge on any atom is 0.123 e. The van der Waals surface area contributed by atoms with Gasteiger partial charge in [-0.05, 0) is 29.1 Å². The molecule has 1 aromatic carbocycles. The molecule has 0 aliphatic rings. The number of hydrogen-bond acceptors (Lipinski definition) is 2. The van der Waals surface area contributed by atoms with Crippen LogP contribution >= 0.6 is 11.3 Å². The van der Waals surface area contributed by atoms with E-state index in [2.05, 4.69) is 0 Å². The van der Waals surface area contributed by atoms with Gasteiger partial charge in [-0.2, -0.15) is 0 Å². The summed E-state index contributed by atoms with van der Waals surface area (Å²) in [6.45, 7) is 3.93. The number of aliphatic hydroxyl groups is 1. The molecular formula is C14H15FOS. The van der Waals surface area contributed by atoms with Crippen molar-refractivity contribution < 1.29 is 9.50 Å². The third-order valence-corrected chi connectivity index (χ3v) is 4.01. The number of rotatable bonds is 3. The lowest BCUT2D eigenvalue weighted by atomic mass is 9.79. The lowest BCUT2D eigenvalue weighted by molar-refractivity contribution is 0.104. The molecule has 0 aliphatic heterocycles. The van der Waals surface area contributed by atoms with Crippen LogP contribution in [0.4, 0.5) is 4.39 Å². The monoisotopic (exact) mass is 250 g/mol. The Labute approximate surface area is 105 Å². The van der Waals surface area contributed by atoms with Crippen LogP contribution in [0.3, 0.4) is 0 Å². The fraction of sp³-hybridized carbons (Fsp3) is 0.286. The largest absolute Gasteiger partial charge is 0.387 e. The summed E-state index contributed by atoms with van der Waals surface area (Å²) in [5.41, 5.74) is 0.498. The average Bonchev–Trinajstić information content (AvgIpc) is 2.82. The van der Waals surface area contributed by atoms with Gasteiger partial charge in [0.2, 0.25) is 0 Å². The fourth-order valence-electron chi connectivity index (χ4n) is 1.84. The van der Waals surface area contributed by atoms with Crippen LogP contribution in [0, 0.1) is 5.82 Å². The first-order valence-electron chi connectivity index (χ1n) is 5.49. The molecule has 0 radical (unpaired) electrons. The van der Waals surface area contributed by atoms with Crippen LogP contribution in [0.2, 0.25) is 0 Å². The summed E-state index contributed by atoms with van der Waals surface area (Å²) < 4.78 is 12.9. The average molecular weight is 250 g/mol. The van der Waals surface area contributed by atoms with Crippen LogP contribution in [0.15, 0.2) is 41.8 Å². The first kappa shape index (κ1) is 12.3. The van der Waals surface area contributed by atoms with Gasteiger partial charge in [0, 0.05) is 10.3 Å². The van der Waals surface area contributed by atoms with E-state index < -0.39 is 11.5 Å². The first-order valence-corrected chi connectivity index (χ1v) is 6.37. The summed E-state index contributed by atoms with van der Waals surface area (Å²) in [4.78, 5) is 0.930. The molecule has 0 spiro atoms.